The van der Waals surface area contributed by atoms with E-state index in [0.29, 0.717) is 12.5 Å². The van der Waals surface area contributed by atoms with Crippen molar-refractivity contribution < 1.29 is 22.0 Å². The fourth-order valence-electron chi connectivity index (χ4n) is 1.96. The van der Waals surface area contributed by atoms with E-state index in [0.717, 1.165) is 12.5 Å². The molecule has 118 valence electrons. The normalized spacial score (nSPS) is 12.3. The first-order valence-electron chi connectivity index (χ1n) is 6.32. The van der Waals surface area contributed by atoms with Gasteiger partial charge in [0, 0.05) is 5.54 Å². The van der Waals surface area contributed by atoms with Crippen molar-refractivity contribution >= 4 is 15.9 Å². The van der Waals surface area contributed by atoms with Gasteiger partial charge in [0.2, 0.25) is 10.0 Å². The second kappa shape index (κ2) is 6.07. The number of hydrogen-bond donors (Lipinski definition) is 2. The van der Waals surface area contributed by atoms with Gasteiger partial charge >= 0.3 is 0 Å². The molecule has 8 heteroatoms. The average Bonchev–Trinajstić information content (AvgIpc) is 2.29. The largest absolute Gasteiger partial charge is 0.347 e. The molecule has 5 nitrogen and oxygen atoms in total. The number of halogens is 2. The molecule has 21 heavy (non-hydrogen) atoms. The third-order valence-electron chi connectivity index (χ3n) is 2.90. The molecule has 1 amide bonds. The van der Waals surface area contributed by atoms with Crippen LogP contribution in [0.1, 0.15) is 44.0 Å². The van der Waals surface area contributed by atoms with Gasteiger partial charge in [0.25, 0.3) is 5.91 Å². The van der Waals surface area contributed by atoms with Crippen LogP contribution in [-0.4, -0.2) is 19.9 Å². The van der Waals surface area contributed by atoms with E-state index in [1.54, 1.807) is 13.8 Å². The summed E-state index contributed by atoms with van der Waals surface area (Å²) in [5.41, 5.74) is -1.32. The summed E-state index contributed by atoms with van der Waals surface area (Å²) < 4.78 is 49.6. The van der Waals surface area contributed by atoms with Gasteiger partial charge in [0.1, 0.15) is 0 Å². The Bertz CT molecular complexity index is 658. The fraction of sp³-hybridized carbons (Fsp3) is 0.462. The van der Waals surface area contributed by atoms with Gasteiger partial charge in [0.05, 0.1) is 10.5 Å². The van der Waals surface area contributed by atoms with Crippen molar-refractivity contribution in [1.82, 2.24) is 5.32 Å². The summed E-state index contributed by atoms with van der Waals surface area (Å²) >= 11 is 0. The van der Waals surface area contributed by atoms with Crippen molar-refractivity contribution in [2.45, 2.75) is 44.0 Å². The predicted molar refractivity (Wildman–Crippen MR) is 74.2 cm³/mol. The van der Waals surface area contributed by atoms with Gasteiger partial charge in [-0.3, -0.25) is 4.79 Å². The first kappa shape index (κ1) is 17.5. The van der Waals surface area contributed by atoms with Crippen LogP contribution in [0.15, 0.2) is 17.0 Å². The molecule has 0 spiro atoms. The van der Waals surface area contributed by atoms with Crippen molar-refractivity contribution in [1.29, 1.82) is 0 Å². The summed E-state index contributed by atoms with van der Waals surface area (Å²) in [7, 11) is -4.24. The molecule has 1 aromatic rings. The second-order valence-electron chi connectivity index (χ2n) is 5.40. The zero-order chi connectivity index (χ0) is 16.4. The number of hydrogen-bond acceptors (Lipinski definition) is 3. The van der Waals surface area contributed by atoms with Crippen LogP contribution in [0, 0.1) is 11.6 Å². The standard InChI is InChI=1S/C13H18F2N2O3S/c1-4-5-13(2,3)17-12(18)9-6-8(21(16,19)20)7-10(14)11(9)15/h6-7H,4-5H2,1-3H3,(H,17,18)(H2,16,19,20). The first-order valence-corrected chi connectivity index (χ1v) is 7.87. The molecule has 0 atom stereocenters. The number of benzene rings is 1. The molecule has 0 bridgehead atoms. The predicted octanol–water partition coefficient (Wildman–Crippen LogP) is 1.92. The van der Waals surface area contributed by atoms with Crippen molar-refractivity contribution in [2.24, 2.45) is 5.14 Å². The molecule has 0 saturated carbocycles. The molecule has 0 aliphatic rings. The molecule has 0 saturated heterocycles. The molecular weight excluding hydrogens is 302 g/mol. The van der Waals surface area contributed by atoms with Gasteiger partial charge in [-0.2, -0.15) is 0 Å². The molecule has 0 aliphatic heterocycles. The van der Waals surface area contributed by atoms with Crippen molar-refractivity contribution in [3.63, 3.8) is 0 Å². The van der Waals surface area contributed by atoms with E-state index < -0.39 is 43.6 Å². The summed E-state index contributed by atoms with van der Waals surface area (Å²) in [5, 5.41) is 7.41. The molecule has 0 unspecified atom stereocenters. The molecule has 1 rings (SSSR count). The van der Waals surface area contributed by atoms with Crippen LogP contribution < -0.4 is 10.5 Å². The molecular formula is C13H18F2N2O3S. The Hall–Kier alpha value is -1.54. The fourth-order valence-corrected chi connectivity index (χ4v) is 2.51. The van der Waals surface area contributed by atoms with E-state index in [-0.39, 0.29) is 0 Å². The van der Waals surface area contributed by atoms with Crippen LogP contribution >= 0.6 is 0 Å². The molecule has 0 heterocycles. The summed E-state index contributed by atoms with van der Waals surface area (Å²) in [4.78, 5) is 11.4. The smallest absolute Gasteiger partial charge is 0.254 e. The number of amides is 1. The number of nitrogens with two attached hydrogens (primary N) is 1. The maximum absolute atomic E-state index is 13.7. The van der Waals surface area contributed by atoms with Gasteiger partial charge < -0.3 is 5.32 Å². The van der Waals surface area contributed by atoms with Crippen molar-refractivity contribution in [3.05, 3.63) is 29.3 Å². The maximum Gasteiger partial charge on any atom is 0.254 e. The Morgan fingerprint density at radius 1 is 1.33 bits per heavy atom. The Labute approximate surface area is 122 Å². The van der Waals surface area contributed by atoms with Gasteiger partial charge in [0.15, 0.2) is 11.6 Å². The third kappa shape index (κ3) is 4.47. The van der Waals surface area contributed by atoms with Crippen molar-refractivity contribution in [3.8, 4) is 0 Å². The molecule has 1 aromatic carbocycles. The highest BCUT2D eigenvalue weighted by Crippen LogP contribution is 2.19. The maximum atomic E-state index is 13.7. The average molecular weight is 320 g/mol. The Kier molecular flexibility index (Phi) is 5.06. The van der Waals surface area contributed by atoms with E-state index in [2.05, 4.69) is 5.32 Å². The molecule has 0 aliphatic carbocycles. The van der Waals surface area contributed by atoms with Crippen LogP contribution in [0.5, 0.6) is 0 Å². The minimum atomic E-state index is -4.24. The van der Waals surface area contributed by atoms with E-state index in [9.17, 15) is 22.0 Å². The SMILES string of the molecule is CCCC(C)(C)NC(=O)c1cc(S(N)(=O)=O)cc(F)c1F. The molecule has 0 fully saturated rings. The quantitative estimate of drug-likeness (QED) is 0.868. The van der Waals surface area contributed by atoms with Crippen LogP contribution in [0.2, 0.25) is 0 Å². The highest BCUT2D eigenvalue weighted by atomic mass is 32.2. The van der Waals surface area contributed by atoms with E-state index >= 15 is 0 Å². The van der Waals surface area contributed by atoms with Gasteiger partial charge in [-0.05, 0) is 32.4 Å². The summed E-state index contributed by atoms with van der Waals surface area (Å²) in [5.74, 6) is -3.75. The van der Waals surface area contributed by atoms with Crippen LogP contribution in [0.25, 0.3) is 0 Å². The molecule has 0 radical (unpaired) electrons. The minimum Gasteiger partial charge on any atom is -0.347 e. The summed E-state index contributed by atoms with van der Waals surface area (Å²) in [6.07, 6.45) is 1.40. The second-order valence-corrected chi connectivity index (χ2v) is 6.96. The highest BCUT2D eigenvalue weighted by Gasteiger charge is 2.25. The van der Waals surface area contributed by atoms with E-state index in [4.69, 9.17) is 5.14 Å². The van der Waals surface area contributed by atoms with E-state index in [1.807, 2.05) is 6.92 Å². The Morgan fingerprint density at radius 2 is 1.90 bits per heavy atom. The Balaban J connectivity index is 3.24. The van der Waals surface area contributed by atoms with Gasteiger partial charge in [-0.15, -0.1) is 0 Å². The lowest BCUT2D eigenvalue weighted by Crippen LogP contribution is -2.43. The lowest BCUT2D eigenvalue weighted by molar-refractivity contribution is 0.0903. The van der Waals surface area contributed by atoms with Crippen LogP contribution in [0.3, 0.4) is 0 Å². The minimum absolute atomic E-state index is 0.443. The third-order valence-corrected chi connectivity index (χ3v) is 3.79. The van der Waals surface area contributed by atoms with Crippen LogP contribution in [-0.2, 0) is 10.0 Å². The topological polar surface area (TPSA) is 89.3 Å². The lowest BCUT2D eigenvalue weighted by atomic mass is 9.98. The number of primary sulfonamides is 1. The number of sulfonamides is 1. The number of nitrogens with one attached hydrogen (secondary N) is 1. The first-order chi connectivity index (χ1) is 9.48. The highest BCUT2D eigenvalue weighted by molar-refractivity contribution is 7.89. The van der Waals surface area contributed by atoms with E-state index in [1.165, 1.54) is 0 Å². The number of rotatable bonds is 5. The number of carbonyl (C=O) groups excluding carboxylic acids is 1. The zero-order valence-corrected chi connectivity index (χ0v) is 12.9. The van der Waals surface area contributed by atoms with Gasteiger partial charge in [-0.25, -0.2) is 22.3 Å². The summed E-state index contributed by atoms with van der Waals surface area (Å²) in [6, 6.07) is 1.17. The molecule has 0 aromatic heterocycles. The Morgan fingerprint density at radius 3 is 2.38 bits per heavy atom. The number of carbonyl (C=O) groups is 1. The summed E-state index contributed by atoms with van der Waals surface area (Å²) in [6.45, 7) is 5.37. The lowest BCUT2D eigenvalue weighted by Gasteiger charge is -2.26. The van der Waals surface area contributed by atoms with Crippen LogP contribution in [0.4, 0.5) is 8.78 Å². The monoisotopic (exact) mass is 320 g/mol. The zero-order valence-electron chi connectivity index (χ0n) is 12.0. The van der Waals surface area contributed by atoms with Crippen molar-refractivity contribution in [2.75, 3.05) is 0 Å². The molecule has 3 N–H and O–H groups in total. The van der Waals surface area contributed by atoms with Gasteiger partial charge in [-0.1, -0.05) is 13.3 Å².